The molecule has 2 aliphatic heterocycles. The van der Waals surface area contributed by atoms with E-state index >= 15 is 0 Å². The molecule has 2 saturated heterocycles. The zero-order valence-electron chi connectivity index (χ0n) is 22.7. The number of carbonyl (C=O) groups is 1. The van der Waals surface area contributed by atoms with Crippen LogP contribution in [-0.2, 0) is 4.79 Å². The van der Waals surface area contributed by atoms with Crippen LogP contribution in [0.1, 0.15) is 61.6 Å². The normalized spacial score (nSPS) is 24.2. The van der Waals surface area contributed by atoms with Crippen molar-refractivity contribution in [2.24, 2.45) is 11.8 Å². The number of ether oxygens (including phenoxy) is 1. The van der Waals surface area contributed by atoms with Crippen molar-refractivity contribution >= 4 is 11.6 Å². The summed E-state index contributed by atoms with van der Waals surface area (Å²) in [5.74, 6) is 1.25. The fourth-order valence-corrected chi connectivity index (χ4v) is 7.06. The molecule has 3 atom stereocenters. The van der Waals surface area contributed by atoms with Crippen LogP contribution in [0.2, 0.25) is 0 Å². The Morgan fingerprint density at radius 3 is 2.67 bits per heavy atom. The van der Waals surface area contributed by atoms with Crippen LogP contribution in [0.15, 0.2) is 48.8 Å². The van der Waals surface area contributed by atoms with Gasteiger partial charge in [-0.1, -0.05) is 31.4 Å². The number of nitrogens with zero attached hydrogens (tertiary/aromatic N) is 4. The van der Waals surface area contributed by atoms with E-state index in [0.717, 1.165) is 75.2 Å². The summed E-state index contributed by atoms with van der Waals surface area (Å²) in [4.78, 5) is 21.6. The summed E-state index contributed by atoms with van der Waals surface area (Å²) in [6.45, 7) is 4.32. The van der Waals surface area contributed by atoms with Gasteiger partial charge in [-0.2, -0.15) is 0 Å². The Hall–Kier alpha value is -2.97. The van der Waals surface area contributed by atoms with E-state index in [4.69, 9.17) is 4.74 Å². The summed E-state index contributed by atoms with van der Waals surface area (Å²) in [6, 6.07) is 10.4. The molecule has 0 amide bonds. The van der Waals surface area contributed by atoms with Gasteiger partial charge in [0.2, 0.25) is 0 Å². The molecule has 0 radical (unpaired) electrons. The van der Waals surface area contributed by atoms with E-state index in [-0.39, 0.29) is 17.7 Å². The molecule has 2 aromatic heterocycles. The number of hydrogen-bond donors (Lipinski definition) is 1. The lowest BCUT2D eigenvalue weighted by atomic mass is 9.80. The minimum Gasteiger partial charge on any atom is -0.497 e. The molecule has 1 aromatic carbocycles. The highest BCUT2D eigenvalue weighted by Gasteiger charge is 2.41. The average molecular weight is 535 g/mol. The lowest BCUT2D eigenvalue weighted by Crippen LogP contribution is -2.43. The number of fused-ring (bicyclic) bond motifs is 1. The fourth-order valence-electron chi connectivity index (χ4n) is 7.06. The summed E-state index contributed by atoms with van der Waals surface area (Å²) in [7, 11) is 1.67. The van der Waals surface area contributed by atoms with E-state index in [1.807, 2.05) is 30.6 Å². The number of carboxylic acids is 1. The van der Waals surface area contributed by atoms with Crippen molar-refractivity contribution in [2.75, 3.05) is 39.8 Å². The maximum atomic E-state index is 14.2. The van der Waals surface area contributed by atoms with Crippen molar-refractivity contribution in [1.29, 1.82) is 0 Å². The molecule has 39 heavy (non-hydrogen) atoms. The number of piperidine rings is 1. The molecule has 1 saturated carbocycles. The lowest BCUT2D eigenvalue weighted by Gasteiger charge is -2.35. The van der Waals surface area contributed by atoms with Crippen molar-refractivity contribution in [2.45, 2.75) is 56.4 Å². The Morgan fingerprint density at radius 2 is 1.97 bits per heavy atom. The van der Waals surface area contributed by atoms with Crippen LogP contribution in [0.3, 0.4) is 0 Å². The summed E-state index contributed by atoms with van der Waals surface area (Å²) >= 11 is 0. The second-order valence-electron chi connectivity index (χ2n) is 11.8. The first kappa shape index (κ1) is 26.3. The number of aliphatic carboxylic acids is 1. The molecule has 1 unspecified atom stereocenters. The van der Waals surface area contributed by atoms with E-state index in [0.29, 0.717) is 18.4 Å². The number of pyridine rings is 1. The third-order valence-corrected chi connectivity index (χ3v) is 9.50. The highest BCUT2D eigenvalue weighted by Crippen LogP contribution is 2.39. The molecule has 6 rings (SSSR count). The lowest BCUT2D eigenvalue weighted by molar-refractivity contribution is -0.144. The summed E-state index contributed by atoms with van der Waals surface area (Å²) in [5, 5.41) is 10.1. The van der Waals surface area contributed by atoms with Crippen LogP contribution in [0.25, 0.3) is 5.65 Å². The van der Waals surface area contributed by atoms with Gasteiger partial charge in [-0.3, -0.25) is 9.69 Å². The molecular formula is C31H39FN4O3. The summed E-state index contributed by atoms with van der Waals surface area (Å²) < 4.78 is 21.7. The van der Waals surface area contributed by atoms with Gasteiger partial charge in [0.25, 0.3) is 0 Å². The van der Waals surface area contributed by atoms with E-state index in [1.54, 1.807) is 19.2 Å². The zero-order valence-corrected chi connectivity index (χ0v) is 22.7. The Morgan fingerprint density at radius 1 is 1.15 bits per heavy atom. The van der Waals surface area contributed by atoms with Crippen LogP contribution >= 0.6 is 0 Å². The number of carboxylic acid groups (broad SMARTS) is 1. The maximum absolute atomic E-state index is 14.2. The standard InChI is InChI=1S/C31H39FN4O3/c1-39-26-10-13-36-29(17-33-30(36)16-26)22-8-11-34(12-9-22)18-24-19-35(28(31(37)38)14-21-4-2-5-21)20-27(24)23-6-3-7-25(32)15-23/h3,6-7,10,13,15-17,21-22,24,27-28H,2,4-5,8-9,11-12,14,18-20H2,1H3,(H,37,38)/t24-,27+,28?/m0/s1. The summed E-state index contributed by atoms with van der Waals surface area (Å²) in [6.07, 6.45) is 10.4. The molecule has 8 heteroatoms. The van der Waals surface area contributed by atoms with Gasteiger partial charge in [0.15, 0.2) is 0 Å². The van der Waals surface area contributed by atoms with Gasteiger partial charge in [-0.25, -0.2) is 9.37 Å². The summed E-state index contributed by atoms with van der Waals surface area (Å²) in [5.41, 5.74) is 3.15. The van der Waals surface area contributed by atoms with Gasteiger partial charge in [-0.05, 0) is 68.0 Å². The molecule has 208 valence electrons. The largest absolute Gasteiger partial charge is 0.497 e. The number of hydrogen-bond acceptors (Lipinski definition) is 5. The van der Waals surface area contributed by atoms with Crippen LogP contribution < -0.4 is 4.74 Å². The van der Waals surface area contributed by atoms with Crippen LogP contribution in [0.4, 0.5) is 4.39 Å². The predicted molar refractivity (Wildman–Crippen MR) is 148 cm³/mol. The first-order chi connectivity index (χ1) is 19.0. The van der Waals surface area contributed by atoms with Crippen LogP contribution in [0, 0.1) is 17.7 Å². The Kier molecular flexibility index (Phi) is 7.58. The SMILES string of the molecule is COc1ccn2c(C3CCN(C[C@H]4CN(C(CC5CCC5)C(=O)O)C[C@@H]4c4cccc(F)c4)CC3)cnc2c1. The molecule has 1 aliphatic carbocycles. The average Bonchev–Trinajstić information content (AvgIpc) is 3.52. The zero-order chi connectivity index (χ0) is 26.9. The topological polar surface area (TPSA) is 70.3 Å². The molecule has 0 bridgehead atoms. The van der Waals surface area contributed by atoms with Gasteiger partial charge in [0.1, 0.15) is 23.3 Å². The maximum Gasteiger partial charge on any atom is 0.320 e. The fraction of sp³-hybridized carbons (Fsp3) is 0.548. The number of rotatable bonds is 9. The minimum atomic E-state index is -0.716. The van der Waals surface area contributed by atoms with Gasteiger partial charge >= 0.3 is 5.97 Å². The Labute approximate surface area is 229 Å². The first-order valence-electron chi connectivity index (χ1n) is 14.4. The molecule has 7 nitrogen and oxygen atoms in total. The molecular weight excluding hydrogens is 495 g/mol. The quantitative estimate of drug-likeness (QED) is 0.416. The molecule has 1 N–H and O–H groups in total. The number of methoxy groups -OCH3 is 1. The smallest absolute Gasteiger partial charge is 0.320 e. The van der Waals surface area contributed by atoms with Gasteiger partial charge < -0.3 is 19.1 Å². The van der Waals surface area contributed by atoms with E-state index < -0.39 is 12.0 Å². The van der Waals surface area contributed by atoms with E-state index in [9.17, 15) is 14.3 Å². The highest BCUT2D eigenvalue weighted by molar-refractivity contribution is 5.73. The van der Waals surface area contributed by atoms with Gasteiger partial charge in [0, 0.05) is 55.6 Å². The van der Waals surface area contributed by atoms with Crippen molar-refractivity contribution in [3.8, 4) is 5.75 Å². The molecule has 3 aliphatic rings. The second kappa shape index (κ2) is 11.3. The number of aromatic nitrogens is 2. The minimum absolute atomic E-state index is 0.135. The van der Waals surface area contributed by atoms with Gasteiger partial charge in [0.05, 0.1) is 7.11 Å². The third-order valence-electron chi connectivity index (χ3n) is 9.50. The van der Waals surface area contributed by atoms with Crippen LogP contribution in [0.5, 0.6) is 5.75 Å². The molecule has 0 spiro atoms. The van der Waals surface area contributed by atoms with Gasteiger partial charge in [-0.15, -0.1) is 0 Å². The van der Waals surface area contributed by atoms with Crippen molar-refractivity contribution in [1.82, 2.24) is 19.2 Å². The molecule has 3 fully saturated rings. The molecule has 3 aromatic rings. The number of likely N-dealkylation sites (tertiary alicyclic amines) is 2. The Bertz CT molecular complexity index is 1300. The first-order valence-corrected chi connectivity index (χ1v) is 14.4. The predicted octanol–water partition coefficient (Wildman–Crippen LogP) is 5.02. The van der Waals surface area contributed by atoms with Crippen molar-refractivity contribution < 1.29 is 19.0 Å². The molecule has 4 heterocycles. The number of halogens is 1. The highest BCUT2D eigenvalue weighted by atomic mass is 19.1. The third kappa shape index (κ3) is 5.54. The van der Waals surface area contributed by atoms with E-state index in [2.05, 4.69) is 19.2 Å². The van der Waals surface area contributed by atoms with Crippen molar-refractivity contribution in [3.63, 3.8) is 0 Å². The number of imidazole rings is 1. The number of benzene rings is 1. The van der Waals surface area contributed by atoms with E-state index in [1.165, 1.54) is 18.2 Å². The monoisotopic (exact) mass is 534 g/mol. The Balaban J connectivity index is 1.14. The van der Waals surface area contributed by atoms with Crippen molar-refractivity contribution in [3.05, 3.63) is 65.9 Å². The van der Waals surface area contributed by atoms with Crippen LogP contribution in [-0.4, -0.2) is 76.1 Å². The second-order valence-corrected chi connectivity index (χ2v) is 11.8.